The molecule has 3 N–H and O–H groups in total. The van der Waals surface area contributed by atoms with Crippen molar-refractivity contribution in [2.24, 2.45) is 0 Å². The SMILES string of the molecule is CCC(NCCCc1ccccc1N)c1nccs1. The molecule has 3 nitrogen and oxygen atoms in total. The van der Waals surface area contributed by atoms with Crippen LogP contribution in [-0.2, 0) is 6.42 Å². The van der Waals surface area contributed by atoms with Crippen LogP contribution in [-0.4, -0.2) is 11.5 Å². The van der Waals surface area contributed by atoms with Crippen LogP contribution in [0.1, 0.15) is 36.4 Å². The molecule has 0 amide bonds. The second-order valence-corrected chi connectivity index (χ2v) is 5.51. The normalized spacial score (nSPS) is 12.5. The zero-order valence-electron chi connectivity index (χ0n) is 11.3. The molecule has 0 saturated heterocycles. The quantitative estimate of drug-likeness (QED) is 0.601. The summed E-state index contributed by atoms with van der Waals surface area (Å²) < 4.78 is 0. The Labute approximate surface area is 118 Å². The second-order valence-electron chi connectivity index (χ2n) is 4.59. The van der Waals surface area contributed by atoms with Crippen molar-refractivity contribution in [1.82, 2.24) is 10.3 Å². The van der Waals surface area contributed by atoms with Crippen LogP contribution in [0.5, 0.6) is 0 Å². The van der Waals surface area contributed by atoms with Crippen molar-refractivity contribution < 1.29 is 0 Å². The van der Waals surface area contributed by atoms with Crippen molar-refractivity contribution in [1.29, 1.82) is 0 Å². The van der Waals surface area contributed by atoms with E-state index in [4.69, 9.17) is 5.73 Å². The summed E-state index contributed by atoms with van der Waals surface area (Å²) in [6.07, 6.45) is 5.06. The van der Waals surface area contributed by atoms with Crippen LogP contribution in [0.15, 0.2) is 35.8 Å². The summed E-state index contributed by atoms with van der Waals surface area (Å²) in [7, 11) is 0. The minimum atomic E-state index is 0.383. The Morgan fingerprint density at radius 3 is 2.89 bits per heavy atom. The molecule has 1 atom stereocenters. The van der Waals surface area contributed by atoms with E-state index < -0.39 is 0 Å². The maximum Gasteiger partial charge on any atom is 0.109 e. The summed E-state index contributed by atoms with van der Waals surface area (Å²) in [5.41, 5.74) is 8.08. The molecule has 102 valence electrons. The standard InChI is InChI=1S/C15H21N3S/c1-2-14(15-18-10-11-19-15)17-9-5-7-12-6-3-4-8-13(12)16/h3-4,6,8,10-11,14,17H,2,5,7,9,16H2,1H3. The molecule has 0 aliphatic rings. The third kappa shape index (κ3) is 4.04. The van der Waals surface area contributed by atoms with Gasteiger partial charge in [-0.2, -0.15) is 0 Å². The highest BCUT2D eigenvalue weighted by Gasteiger charge is 2.10. The lowest BCUT2D eigenvalue weighted by Crippen LogP contribution is -2.22. The molecule has 1 aromatic carbocycles. The molecule has 0 aliphatic heterocycles. The van der Waals surface area contributed by atoms with Gasteiger partial charge in [-0.25, -0.2) is 4.98 Å². The number of hydrogen-bond acceptors (Lipinski definition) is 4. The lowest BCUT2D eigenvalue weighted by Gasteiger charge is -2.14. The van der Waals surface area contributed by atoms with Crippen molar-refractivity contribution in [2.75, 3.05) is 12.3 Å². The van der Waals surface area contributed by atoms with E-state index in [2.05, 4.69) is 23.3 Å². The first-order chi connectivity index (χ1) is 9.31. The highest BCUT2D eigenvalue weighted by Crippen LogP contribution is 2.19. The predicted octanol–water partition coefficient (Wildman–Crippen LogP) is 3.40. The summed E-state index contributed by atoms with van der Waals surface area (Å²) in [4.78, 5) is 4.37. The van der Waals surface area contributed by atoms with Gasteiger partial charge in [-0.05, 0) is 37.4 Å². The van der Waals surface area contributed by atoms with E-state index in [0.29, 0.717) is 6.04 Å². The van der Waals surface area contributed by atoms with E-state index >= 15 is 0 Å². The number of anilines is 1. The highest BCUT2D eigenvalue weighted by molar-refractivity contribution is 7.09. The van der Waals surface area contributed by atoms with E-state index in [1.165, 1.54) is 10.6 Å². The molecule has 0 radical (unpaired) electrons. The number of para-hydroxylation sites is 1. The van der Waals surface area contributed by atoms with Crippen LogP contribution in [0, 0.1) is 0 Å². The van der Waals surface area contributed by atoms with Crippen LogP contribution >= 0.6 is 11.3 Å². The van der Waals surface area contributed by atoms with Gasteiger partial charge in [-0.15, -0.1) is 11.3 Å². The Hall–Kier alpha value is -1.39. The van der Waals surface area contributed by atoms with Gasteiger partial charge in [0.25, 0.3) is 0 Å². The Morgan fingerprint density at radius 1 is 1.37 bits per heavy atom. The summed E-state index contributed by atoms with van der Waals surface area (Å²) in [5, 5.41) is 6.78. The van der Waals surface area contributed by atoms with Gasteiger partial charge in [-0.3, -0.25) is 0 Å². The minimum absolute atomic E-state index is 0.383. The highest BCUT2D eigenvalue weighted by atomic mass is 32.1. The van der Waals surface area contributed by atoms with E-state index in [1.807, 2.05) is 29.8 Å². The smallest absolute Gasteiger partial charge is 0.109 e. The second kappa shape index (κ2) is 7.26. The van der Waals surface area contributed by atoms with Crippen molar-refractivity contribution >= 4 is 17.0 Å². The van der Waals surface area contributed by atoms with Gasteiger partial charge in [0, 0.05) is 17.3 Å². The van der Waals surface area contributed by atoms with E-state index in [0.717, 1.165) is 31.5 Å². The molecule has 0 spiro atoms. The van der Waals surface area contributed by atoms with E-state index in [1.54, 1.807) is 11.3 Å². The maximum atomic E-state index is 5.94. The number of nitrogens with zero attached hydrogens (tertiary/aromatic N) is 1. The van der Waals surface area contributed by atoms with E-state index in [-0.39, 0.29) is 0 Å². The summed E-state index contributed by atoms with van der Waals surface area (Å²) in [6, 6.07) is 8.48. The third-order valence-corrected chi connectivity index (χ3v) is 4.12. The fourth-order valence-corrected chi connectivity index (χ4v) is 2.93. The fourth-order valence-electron chi connectivity index (χ4n) is 2.13. The molecule has 0 aliphatic carbocycles. The first-order valence-electron chi connectivity index (χ1n) is 6.77. The number of aromatic nitrogens is 1. The minimum Gasteiger partial charge on any atom is -0.399 e. The van der Waals surface area contributed by atoms with Gasteiger partial charge >= 0.3 is 0 Å². The zero-order valence-corrected chi connectivity index (χ0v) is 12.1. The molecule has 2 rings (SSSR count). The molecule has 1 unspecified atom stereocenters. The molecule has 0 saturated carbocycles. The number of thiazole rings is 1. The van der Waals surface area contributed by atoms with Gasteiger partial charge < -0.3 is 11.1 Å². The van der Waals surface area contributed by atoms with Gasteiger partial charge in [0.2, 0.25) is 0 Å². The average Bonchev–Trinajstić information content (AvgIpc) is 2.95. The predicted molar refractivity (Wildman–Crippen MR) is 82.3 cm³/mol. The molecule has 1 heterocycles. The average molecular weight is 275 g/mol. The third-order valence-electron chi connectivity index (χ3n) is 3.23. The lowest BCUT2D eigenvalue weighted by atomic mass is 10.1. The van der Waals surface area contributed by atoms with Gasteiger partial charge in [0.05, 0.1) is 6.04 Å². The van der Waals surface area contributed by atoms with Crippen LogP contribution < -0.4 is 11.1 Å². The largest absolute Gasteiger partial charge is 0.399 e. The Kier molecular flexibility index (Phi) is 5.36. The van der Waals surface area contributed by atoms with Crippen LogP contribution in [0.25, 0.3) is 0 Å². The molecule has 19 heavy (non-hydrogen) atoms. The van der Waals surface area contributed by atoms with Crippen LogP contribution in [0.2, 0.25) is 0 Å². The summed E-state index contributed by atoms with van der Waals surface area (Å²) >= 11 is 1.72. The number of hydrogen-bond donors (Lipinski definition) is 2. The fraction of sp³-hybridized carbons (Fsp3) is 0.400. The van der Waals surface area contributed by atoms with Gasteiger partial charge in [0.15, 0.2) is 0 Å². The van der Waals surface area contributed by atoms with Gasteiger partial charge in [0.1, 0.15) is 5.01 Å². The van der Waals surface area contributed by atoms with Crippen molar-refractivity contribution in [3.8, 4) is 0 Å². The van der Waals surface area contributed by atoms with Crippen LogP contribution in [0.3, 0.4) is 0 Å². The zero-order chi connectivity index (χ0) is 13.5. The van der Waals surface area contributed by atoms with Crippen molar-refractivity contribution in [2.45, 2.75) is 32.2 Å². The molecule has 0 fully saturated rings. The molecule has 0 bridgehead atoms. The molecular weight excluding hydrogens is 254 g/mol. The van der Waals surface area contributed by atoms with E-state index in [9.17, 15) is 0 Å². The van der Waals surface area contributed by atoms with Crippen molar-refractivity contribution in [3.05, 3.63) is 46.4 Å². The summed E-state index contributed by atoms with van der Waals surface area (Å²) in [6.45, 7) is 3.18. The molecule has 2 aromatic rings. The van der Waals surface area contributed by atoms with Gasteiger partial charge in [-0.1, -0.05) is 25.1 Å². The lowest BCUT2D eigenvalue weighted by molar-refractivity contribution is 0.508. The number of nitrogen functional groups attached to an aromatic ring is 1. The number of aryl methyl sites for hydroxylation is 1. The monoisotopic (exact) mass is 275 g/mol. The first-order valence-corrected chi connectivity index (χ1v) is 7.65. The Morgan fingerprint density at radius 2 is 2.21 bits per heavy atom. The van der Waals surface area contributed by atoms with Crippen molar-refractivity contribution in [3.63, 3.8) is 0 Å². The van der Waals surface area contributed by atoms with Crippen LogP contribution in [0.4, 0.5) is 5.69 Å². The first kappa shape index (κ1) is 14.0. The molecule has 1 aromatic heterocycles. The number of benzene rings is 1. The molecular formula is C15H21N3S. The number of nitrogens with two attached hydrogens (primary N) is 1. The number of nitrogens with one attached hydrogen (secondary N) is 1. The Bertz CT molecular complexity index is 482. The topological polar surface area (TPSA) is 50.9 Å². The maximum absolute atomic E-state index is 5.94. The Balaban J connectivity index is 1.76. The molecule has 4 heteroatoms. The summed E-state index contributed by atoms with van der Waals surface area (Å²) in [5.74, 6) is 0. The number of rotatable bonds is 7.